The molecule has 1 atom stereocenters. The highest BCUT2D eigenvalue weighted by molar-refractivity contribution is 7.03. The Hall–Kier alpha value is -3.20. The Kier molecular flexibility index (Phi) is 7.06. The van der Waals surface area contributed by atoms with E-state index < -0.39 is 23.3 Å². The minimum absolute atomic E-state index is 0.0952. The van der Waals surface area contributed by atoms with Crippen LogP contribution >= 0.6 is 11.5 Å². The Morgan fingerprint density at radius 3 is 2.61 bits per heavy atom. The normalized spacial score (nSPS) is 12.3. The summed E-state index contributed by atoms with van der Waals surface area (Å²) in [5.41, 5.74) is 0.403. The number of carbonyl (C=O) groups excluding carboxylic acids is 2. The van der Waals surface area contributed by atoms with Gasteiger partial charge in [0.1, 0.15) is 11.9 Å². The Bertz CT molecular complexity index is 1030. The smallest absolute Gasteiger partial charge is 0.276 e. The van der Waals surface area contributed by atoms with Gasteiger partial charge in [-0.25, -0.2) is 4.39 Å². The minimum Gasteiger partial charge on any atom is -0.349 e. The molecular weight excluding hydrogens is 417 g/mol. The highest BCUT2D eigenvalue weighted by Crippen LogP contribution is 2.27. The molecule has 0 bridgehead atoms. The van der Waals surface area contributed by atoms with Crippen molar-refractivity contribution < 1.29 is 14.0 Å². The van der Waals surface area contributed by atoms with Crippen LogP contribution in [0.5, 0.6) is 0 Å². The van der Waals surface area contributed by atoms with Gasteiger partial charge < -0.3 is 10.2 Å². The molecule has 1 aromatic carbocycles. The number of rotatable bonds is 8. The Morgan fingerprint density at radius 1 is 1.23 bits per heavy atom. The maximum atomic E-state index is 14.5. The second-order valence-corrected chi connectivity index (χ2v) is 8.34. The maximum Gasteiger partial charge on any atom is 0.276 e. The molecule has 2 amide bonds. The summed E-state index contributed by atoms with van der Waals surface area (Å²) in [5.74, 6) is -1.36. The number of carbonyl (C=O) groups is 2. The zero-order valence-corrected chi connectivity index (χ0v) is 18.4. The number of halogens is 1. The van der Waals surface area contributed by atoms with E-state index >= 15 is 0 Å². The van der Waals surface area contributed by atoms with Gasteiger partial charge in [0, 0.05) is 34.4 Å². The summed E-state index contributed by atoms with van der Waals surface area (Å²) in [7, 11) is 0. The predicted octanol–water partition coefficient (Wildman–Crippen LogP) is 3.76. The molecule has 162 valence electrons. The quantitative estimate of drug-likeness (QED) is 0.575. The van der Waals surface area contributed by atoms with E-state index in [0.29, 0.717) is 12.0 Å². The van der Waals surface area contributed by atoms with Crippen LogP contribution in [0.1, 0.15) is 54.8 Å². The summed E-state index contributed by atoms with van der Waals surface area (Å²) < 4.78 is 18.2. The largest absolute Gasteiger partial charge is 0.349 e. The van der Waals surface area contributed by atoms with Gasteiger partial charge in [-0.2, -0.15) is 0 Å². The van der Waals surface area contributed by atoms with Crippen LogP contribution in [0.3, 0.4) is 0 Å². The average Bonchev–Trinajstić information content (AvgIpc) is 3.29. The Labute approximate surface area is 184 Å². The molecule has 1 N–H and O–H groups in total. The van der Waals surface area contributed by atoms with Gasteiger partial charge in [-0.3, -0.25) is 14.6 Å². The first-order valence-electron chi connectivity index (χ1n) is 9.86. The predicted molar refractivity (Wildman–Crippen MR) is 116 cm³/mol. The van der Waals surface area contributed by atoms with Crippen molar-refractivity contribution in [1.29, 1.82) is 0 Å². The molecule has 0 radical (unpaired) electrons. The maximum absolute atomic E-state index is 14.5. The van der Waals surface area contributed by atoms with Crippen LogP contribution in [0.25, 0.3) is 0 Å². The summed E-state index contributed by atoms with van der Waals surface area (Å²) in [5, 5.41) is 8.37. The number of nitrogens with zero attached hydrogens (tertiary/aromatic N) is 4. The zero-order chi connectivity index (χ0) is 22.4. The van der Waals surface area contributed by atoms with Gasteiger partial charge in [0.25, 0.3) is 5.91 Å². The summed E-state index contributed by atoms with van der Waals surface area (Å²) in [6.45, 7) is 5.64. The van der Waals surface area contributed by atoms with E-state index in [1.165, 1.54) is 22.5 Å². The summed E-state index contributed by atoms with van der Waals surface area (Å²) in [4.78, 5) is 32.3. The lowest BCUT2D eigenvalue weighted by Crippen LogP contribution is -2.50. The van der Waals surface area contributed by atoms with Crippen molar-refractivity contribution in [2.75, 3.05) is 0 Å². The van der Waals surface area contributed by atoms with Crippen molar-refractivity contribution in [1.82, 2.24) is 24.8 Å². The molecule has 0 saturated heterocycles. The number of benzene rings is 1. The summed E-state index contributed by atoms with van der Waals surface area (Å²) >= 11 is 1.03. The molecule has 7 nitrogen and oxygen atoms in total. The molecule has 31 heavy (non-hydrogen) atoms. The third-order valence-corrected chi connectivity index (χ3v) is 5.55. The van der Waals surface area contributed by atoms with Crippen LogP contribution in [0.15, 0.2) is 54.2 Å². The van der Waals surface area contributed by atoms with E-state index in [1.807, 2.05) is 20.8 Å². The zero-order valence-electron chi connectivity index (χ0n) is 17.6. The average molecular weight is 442 g/mol. The molecule has 0 saturated carbocycles. The van der Waals surface area contributed by atoms with Gasteiger partial charge in [-0.15, -0.1) is 5.10 Å². The van der Waals surface area contributed by atoms with Gasteiger partial charge in [0.05, 0.1) is 6.54 Å². The molecule has 0 aliphatic heterocycles. The summed E-state index contributed by atoms with van der Waals surface area (Å²) in [6, 6.07) is 8.54. The number of aromatic nitrogens is 3. The fourth-order valence-corrected chi connectivity index (χ4v) is 3.43. The number of hydrogen-bond donors (Lipinski definition) is 1. The lowest BCUT2D eigenvalue weighted by atomic mass is 9.99. The molecule has 9 heteroatoms. The molecule has 0 aliphatic carbocycles. The fourth-order valence-electron chi connectivity index (χ4n) is 3.00. The van der Waals surface area contributed by atoms with E-state index in [4.69, 9.17) is 0 Å². The van der Waals surface area contributed by atoms with Gasteiger partial charge in [0.2, 0.25) is 5.91 Å². The third-order valence-electron chi connectivity index (χ3n) is 5.04. The van der Waals surface area contributed by atoms with Crippen LogP contribution in [0, 0.1) is 5.82 Å². The Balaban J connectivity index is 2.08. The molecule has 2 aromatic heterocycles. The summed E-state index contributed by atoms with van der Waals surface area (Å²) in [6.07, 6.45) is 3.81. The first kappa shape index (κ1) is 22.5. The molecular formula is C22H24FN5O2S. The lowest BCUT2D eigenvalue weighted by Gasteiger charge is -2.34. The molecule has 3 rings (SSSR count). The first-order valence-corrected chi connectivity index (χ1v) is 10.7. The van der Waals surface area contributed by atoms with Gasteiger partial charge in [-0.05, 0) is 43.9 Å². The van der Waals surface area contributed by atoms with Gasteiger partial charge >= 0.3 is 0 Å². The van der Waals surface area contributed by atoms with Crippen LogP contribution in [0.2, 0.25) is 0 Å². The topological polar surface area (TPSA) is 88.1 Å². The minimum atomic E-state index is -1.03. The molecule has 0 fully saturated rings. The first-order chi connectivity index (χ1) is 14.8. The van der Waals surface area contributed by atoms with E-state index in [0.717, 1.165) is 11.5 Å². The van der Waals surface area contributed by atoms with Gasteiger partial charge in [0.15, 0.2) is 5.69 Å². The van der Waals surface area contributed by atoms with Crippen molar-refractivity contribution >= 4 is 23.3 Å². The van der Waals surface area contributed by atoms with Crippen LogP contribution in [0.4, 0.5) is 4.39 Å². The van der Waals surface area contributed by atoms with Crippen molar-refractivity contribution in [2.45, 2.75) is 45.3 Å². The van der Waals surface area contributed by atoms with E-state index in [2.05, 4.69) is 19.9 Å². The monoisotopic (exact) mass is 441 g/mol. The molecule has 2 heterocycles. The number of amides is 2. The second kappa shape index (κ2) is 9.74. The van der Waals surface area contributed by atoms with E-state index in [1.54, 1.807) is 36.5 Å². The second-order valence-electron chi connectivity index (χ2n) is 7.73. The van der Waals surface area contributed by atoms with Crippen molar-refractivity contribution in [3.8, 4) is 0 Å². The van der Waals surface area contributed by atoms with Crippen LogP contribution in [-0.4, -0.2) is 36.8 Å². The van der Waals surface area contributed by atoms with Crippen molar-refractivity contribution in [2.24, 2.45) is 0 Å². The molecule has 0 aliphatic rings. The highest BCUT2D eigenvalue weighted by atomic mass is 32.1. The fraction of sp³-hybridized carbons (Fsp3) is 0.318. The number of hydrogen-bond acceptors (Lipinski definition) is 6. The SMILES string of the molecule is CCC(C)(C)NC(=O)C(c1cccnc1)N(Cc1ccccc1F)C(=O)c1csnn1. The third kappa shape index (κ3) is 5.49. The number of nitrogens with one attached hydrogen (secondary N) is 1. The van der Waals surface area contributed by atoms with Crippen LogP contribution < -0.4 is 5.32 Å². The van der Waals surface area contributed by atoms with Crippen molar-refractivity contribution in [3.63, 3.8) is 0 Å². The molecule has 1 unspecified atom stereocenters. The van der Waals surface area contributed by atoms with Crippen LogP contribution in [-0.2, 0) is 11.3 Å². The molecule has 3 aromatic rings. The van der Waals surface area contributed by atoms with E-state index in [9.17, 15) is 14.0 Å². The standard InChI is InChI=1S/C22H24FN5O2S/c1-4-22(2,3)25-20(29)19(15-9-7-11-24-12-15)28(21(30)18-14-31-27-26-18)13-16-8-5-6-10-17(16)23/h5-12,14,19H,4,13H2,1-3H3,(H,25,29). The van der Waals surface area contributed by atoms with E-state index in [-0.39, 0.29) is 23.7 Å². The molecule has 0 spiro atoms. The Morgan fingerprint density at radius 2 is 2.00 bits per heavy atom. The van der Waals surface area contributed by atoms with Crippen molar-refractivity contribution in [3.05, 3.63) is 76.8 Å². The van der Waals surface area contributed by atoms with Gasteiger partial charge in [-0.1, -0.05) is 35.7 Å². The number of pyridine rings is 1. The highest BCUT2D eigenvalue weighted by Gasteiger charge is 2.35. The lowest BCUT2D eigenvalue weighted by molar-refractivity contribution is -0.127.